The lowest BCUT2D eigenvalue weighted by Crippen LogP contribution is -2.48. The number of hydrogen-bond acceptors (Lipinski definition) is 4. The van der Waals surface area contributed by atoms with Crippen LogP contribution in [0.5, 0.6) is 0 Å². The highest BCUT2D eigenvalue weighted by Crippen LogP contribution is 2.21. The van der Waals surface area contributed by atoms with Gasteiger partial charge >= 0.3 is 6.09 Å². The maximum absolute atomic E-state index is 12.6. The molecule has 0 bridgehead atoms. The average molecular weight is 415 g/mol. The molecule has 1 aromatic rings. The van der Waals surface area contributed by atoms with Crippen molar-refractivity contribution in [3.05, 3.63) is 40.3 Å². The van der Waals surface area contributed by atoms with Crippen LogP contribution in [0.1, 0.15) is 39.2 Å². The third-order valence-electron chi connectivity index (χ3n) is 4.33. The molecule has 6 nitrogen and oxygen atoms in total. The van der Waals surface area contributed by atoms with Crippen LogP contribution in [0.15, 0.2) is 29.7 Å². The van der Waals surface area contributed by atoms with Crippen molar-refractivity contribution in [2.75, 3.05) is 20.1 Å². The molecule has 1 amide bonds. The number of carbonyl (C=O) groups is 1. The molecular formula is C19H27ClN2O4S. The summed E-state index contributed by atoms with van der Waals surface area (Å²) in [7, 11) is -1.97. The molecule has 27 heavy (non-hydrogen) atoms. The fraction of sp³-hybridized carbons (Fsp3) is 0.526. The van der Waals surface area contributed by atoms with E-state index in [0.717, 1.165) is 5.56 Å². The summed E-state index contributed by atoms with van der Waals surface area (Å²) in [6.07, 6.45) is 2.35. The normalized spacial score (nSPS) is 16.9. The summed E-state index contributed by atoms with van der Waals surface area (Å²) >= 11 is 5.84. The van der Waals surface area contributed by atoms with Gasteiger partial charge in [0.05, 0.1) is 0 Å². The highest BCUT2D eigenvalue weighted by molar-refractivity contribution is 7.92. The van der Waals surface area contributed by atoms with Gasteiger partial charge in [0.1, 0.15) is 5.60 Å². The summed E-state index contributed by atoms with van der Waals surface area (Å²) < 4.78 is 31.9. The van der Waals surface area contributed by atoms with Gasteiger partial charge in [0.15, 0.2) is 0 Å². The number of rotatable bonds is 4. The second kappa shape index (κ2) is 8.63. The van der Waals surface area contributed by atoms with Crippen LogP contribution in [0.4, 0.5) is 4.79 Å². The predicted molar refractivity (Wildman–Crippen MR) is 108 cm³/mol. The Morgan fingerprint density at radius 1 is 1.22 bits per heavy atom. The molecule has 1 fully saturated rings. The smallest absolute Gasteiger partial charge is 0.410 e. The second-order valence-corrected chi connectivity index (χ2v) is 9.93. The number of ether oxygens (including phenoxy) is 1. The Bertz CT molecular complexity index is 777. The van der Waals surface area contributed by atoms with E-state index in [4.69, 9.17) is 16.3 Å². The SMILES string of the molecule is CN(C1CCN(C(=O)OC(C)(C)C)CC1)S(=O)(=O)/C=C/c1ccc(Cl)cc1. The maximum Gasteiger partial charge on any atom is 0.410 e. The molecule has 0 aromatic heterocycles. The third-order valence-corrected chi connectivity index (χ3v) is 6.17. The molecule has 0 aliphatic carbocycles. The first-order chi connectivity index (χ1) is 12.5. The minimum atomic E-state index is -3.55. The predicted octanol–water partition coefficient (Wildman–Crippen LogP) is 3.97. The molecule has 1 heterocycles. The van der Waals surface area contributed by atoms with Crippen LogP contribution in [-0.4, -0.2) is 55.5 Å². The number of likely N-dealkylation sites (tertiary alicyclic amines) is 1. The van der Waals surface area contributed by atoms with Gasteiger partial charge in [-0.3, -0.25) is 0 Å². The van der Waals surface area contributed by atoms with E-state index in [-0.39, 0.29) is 12.1 Å². The van der Waals surface area contributed by atoms with Gasteiger partial charge in [-0.1, -0.05) is 23.7 Å². The average Bonchev–Trinajstić information content (AvgIpc) is 2.59. The zero-order valence-electron chi connectivity index (χ0n) is 16.2. The van der Waals surface area contributed by atoms with E-state index >= 15 is 0 Å². The van der Waals surface area contributed by atoms with Gasteiger partial charge in [0.2, 0.25) is 10.0 Å². The van der Waals surface area contributed by atoms with Crippen LogP contribution in [0.3, 0.4) is 0 Å². The van der Waals surface area contributed by atoms with E-state index in [1.807, 2.05) is 20.8 Å². The largest absolute Gasteiger partial charge is 0.444 e. The third kappa shape index (κ3) is 6.52. The Kier molecular flexibility index (Phi) is 6.94. The van der Waals surface area contributed by atoms with Gasteiger partial charge in [-0.15, -0.1) is 0 Å². The summed E-state index contributed by atoms with van der Waals surface area (Å²) in [4.78, 5) is 13.8. The standard InChI is InChI=1S/C19H27ClN2O4S/c1-19(2,3)26-18(23)22-12-9-17(10-13-22)21(4)27(24,25)14-11-15-5-7-16(20)8-6-15/h5-8,11,14,17H,9-10,12-13H2,1-4H3/b14-11+. The molecule has 8 heteroatoms. The van der Waals surface area contributed by atoms with Crippen molar-refractivity contribution in [3.63, 3.8) is 0 Å². The first-order valence-electron chi connectivity index (χ1n) is 8.87. The van der Waals surface area contributed by atoms with Crippen LogP contribution >= 0.6 is 11.6 Å². The van der Waals surface area contributed by atoms with E-state index in [1.165, 1.54) is 9.71 Å². The fourth-order valence-electron chi connectivity index (χ4n) is 2.78. The van der Waals surface area contributed by atoms with Crippen LogP contribution in [-0.2, 0) is 14.8 Å². The first kappa shape index (κ1) is 21.7. The summed E-state index contributed by atoms with van der Waals surface area (Å²) in [6, 6.07) is 6.79. The molecule has 1 aliphatic heterocycles. The molecule has 150 valence electrons. The zero-order valence-corrected chi connectivity index (χ0v) is 17.8. The van der Waals surface area contributed by atoms with E-state index in [0.29, 0.717) is 31.0 Å². The molecule has 0 saturated carbocycles. The molecule has 0 spiro atoms. The van der Waals surface area contributed by atoms with E-state index in [1.54, 1.807) is 42.3 Å². The Balaban J connectivity index is 1.94. The Morgan fingerprint density at radius 3 is 2.30 bits per heavy atom. The van der Waals surface area contributed by atoms with Crippen molar-refractivity contribution in [1.82, 2.24) is 9.21 Å². The fourth-order valence-corrected chi connectivity index (χ4v) is 4.05. The number of carbonyl (C=O) groups excluding carboxylic acids is 1. The Morgan fingerprint density at radius 2 is 1.78 bits per heavy atom. The number of sulfonamides is 1. The molecule has 0 N–H and O–H groups in total. The number of piperidine rings is 1. The van der Waals surface area contributed by atoms with E-state index < -0.39 is 15.6 Å². The van der Waals surface area contributed by atoms with Crippen molar-refractivity contribution in [3.8, 4) is 0 Å². The minimum absolute atomic E-state index is 0.149. The molecule has 0 unspecified atom stereocenters. The Labute approximate surface area is 166 Å². The number of benzene rings is 1. The number of nitrogens with zero attached hydrogens (tertiary/aromatic N) is 2. The van der Waals surface area contributed by atoms with Crippen LogP contribution in [0.2, 0.25) is 5.02 Å². The van der Waals surface area contributed by atoms with Crippen molar-refractivity contribution < 1.29 is 17.9 Å². The topological polar surface area (TPSA) is 66.9 Å². The summed E-state index contributed by atoms with van der Waals surface area (Å²) in [6.45, 7) is 6.42. The van der Waals surface area contributed by atoms with Gasteiger partial charge in [-0.05, 0) is 57.4 Å². The Hall–Kier alpha value is -1.57. The molecular weight excluding hydrogens is 388 g/mol. The van der Waals surface area contributed by atoms with Crippen molar-refractivity contribution in [2.24, 2.45) is 0 Å². The van der Waals surface area contributed by atoms with Crippen molar-refractivity contribution >= 4 is 33.8 Å². The quantitative estimate of drug-likeness (QED) is 0.747. The number of amides is 1. The molecule has 1 saturated heterocycles. The molecule has 1 aromatic carbocycles. The van der Waals surface area contributed by atoms with Crippen molar-refractivity contribution in [2.45, 2.75) is 45.3 Å². The van der Waals surface area contributed by atoms with Gasteiger partial charge in [-0.2, -0.15) is 4.31 Å². The van der Waals surface area contributed by atoms with Gasteiger partial charge in [-0.25, -0.2) is 13.2 Å². The van der Waals surface area contributed by atoms with Crippen LogP contribution in [0, 0.1) is 0 Å². The lowest BCUT2D eigenvalue weighted by atomic mass is 10.1. The van der Waals surface area contributed by atoms with Crippen LogP contribution in [0.25, 0.3) is 6.08 Å². The summed E-state index contributed by atoms with van der Waals surface area (Å²) in [5.41, 5.74) is 0.219. The minimum Gasteiger partial charge on any atom is -0.444 e. The number of hydrogen-bond donors (Lipinski definition) is 0. The molecule has 1 aliphatic rings. The summed E-state index contributed by atoms with van der Waals surface area (Å²) in [5, 5.41) is 1.81. The molecule has 0 radical (unpaired) electrons. The second-order valence-electron chi connectivity index (χ2n) is 7.61. The first-order valence-corrected chi connectivity index (χ1v) is 10.8. The lowest BCUT2D eigenvalue weighted by Gasteiger charge is -2.36. The van der Waals surface area contributed by atoms with Crippen LogP contribution < -0.4 is 0 Å². The van der Waals surface area contributed by atoms with E-state index in [9.17, 15) is 13.2 Å². The van der Waals surface area contributed by atoms with Crippen molar-refractivity contribution in [1.29, 1.82) is 0 Å². The highest BCUT2D eigenvalue weighted by atomic mass is 35.5. The molecule has 0 atom stereocenters. The summed E-state index contributed by atoms with van der Waals surface area (Å²) in [5.74, 6) is 0. The lowest BCUT2D eigenvalue weighted by molar-refractivity contribution is 0.0183. The number of halogens is 1. The zero-order chi connectivity index (χ0) is 20.2. The van der Waals surface area contributed by atoms with Gasteiger partial charge in [0, 0.05) is 36.6 Å². The maximum atomic E-state index is 12.6. The van der Waals surface area contributed by atoms with Gasteiger partial charge in [0.25, 0.3) is 0 Å². The molecule has 2 rings (SSSR count). The van der Waals surface area contributed by atoms with E-state index in [2.05, 4.69) is 0 Å². The highest BCUT2D eigenvalue weighted by Gasteiger charge is 2.31. The van der Waals surface area contributed by atoms with Gasteiger partial charge < -0.3 is 9.64 Å². The monoisotopic (exact) mass is 414 g/mol.